The minimum atomic E-state index is -3.95. The molecule has 0 heterocycles. The zero-order valence-corrected chi connectivity index (χ0v) is 24.8. The van der Waals surface area contributed by atoms with Gasteiger partial charge < -0.3 is 10.2 Å². The van der Waals surface area contributed by atoms with Gasteiger partial charge in [0, 0.05) is 19.0 Å². The number of anilines is 1. The van der Waals surface area contributed by atoms with Crippen LogP contribution < -0.4 is 9.62 Å². The van der Waals surface area contributed by atoms with E-state index in [-0.39, 0.29) is 35.6 Å². The van der Waals surface area contributed by atoms with E-state index in [1.807, 2.05) is 44.2 Å². The number of halogens is 3. The molecule has 0 aliphatic rings. The molecule has 2 atom stereocenters. The van der Waals surface area contributed by atoms with Gasteiger partial charge >= 0.3 is 0 Å². The van der Waals surface area contributed by atoms with Crippen LogP contribution in [0.4, 0.5) is 10.1 Å². The summed E-state index contributed by atoms with van der Waals surface area (Å²) in [5.74, 6) is -1.55. The van der Waals surface area contributed by atoms with Gasteiger partial charge in [-0.3, -0.25) is 13.9 Å². The van der Waals surface area contributed by atoms with Gasteiger partial charge in [0.05, 0.1) is 22.0 Å². The van der Waals surface area contributed by atoms with E-state index in [9.17, 15) is 22.4 Å². The maximum atomic E-state index is 14.0. The summed E-state index contributed by atoms with van der Waals surface area (Å²) in [5.41, 5.74) is 1.54. The van der Waals surface area contributed by atoms with Crippen molar-refractivity contribution in [2.45, 2.75) is 45.3 Å². The van der Waals surface area contributed by atoms with E-state index in [1.165, 1.54) is 17.0 Å². The first kappa shape index (κ1) is 31.4. The van der Waals surface area contributed by atoms with Crippen LogP contribution in [0.15, 0.2) is 72.8 Å². The van der Waals surface area contributed by atoms with Crippen molar-refractivity contribution < 1.29 is 22.4 Å². The van der Waals surface area contributed by atoms with E-state index < -0.39 is 34.3 Å². The lowest BCUT2D eigenvalue weighted by molar-refractivity contribution is -0.140. The second kappa shape index (κ2) is 14.0. The van der Waals surface area contributed by atoms with Gasteiger partial charge in [0.25, 0.3) is 0 Å². The maximum Gasteiger partial charge on any atom is 0.244 e. The molecule has 0 fully saturated rings. The molecule has 214 valence electrons. The van der Waals surface area contributed by atoms with E-state index in [4.69, 9.17) is 23.2 Å². The lowest BCUT2D eigenvalue weighted by Crippen LogP contribution is -2.54. The van der Waals surface area contributed by atoms with Gasteiger partial charge in [0.2, 0.25) is 21.8 Å². The second-order valence-corrected chi connectivity index (χ2v) is 12.3. The van der Waals surface area contributed by atoms with Crippen molar-refractivity contribution in [3.63, 3.8) is 0 Å². The molecule has 0 saturated heterocycles. The van der Waals surface area contributed by atoms with Gasteiger partial charge in [-0.25, -0.2) is 12.8 Å². The lowest BCUT2D eigenvalue weighted by Gasteiger charge is -2.34. The fourth-order valence-electron chi connectivity index (χ4n) is 4.05. The average molecular weight is 609 g/mol. The van der Waals surface area contributed by atoms with Crippen molar-refractivity contribution >= 4 is 50.7 Å². The zero-order chi connectivity index (χ0) is 29.4. The van der Waals surface area contributed by atoms with Crippen molar-refractivity contribution in [3.05, 3.63) is 99.8 Å². The summed E-state index contributed by atoms with van der Waals surface area (Å²) in [4.78, 5) is 29.0. The van der Waals surface area contributed by atoms with E-state index >= 15 is 0 Å². The third-order valence-electron chi connectivity index (χ3n) is 6.40. The number of benzene rings is 3. The Labute approximate surface area is 244 Å². The highest BCUT2D eigenvalue weighted by atomic mass is 35.5. The number of carbonyl (C=O) groups is 2. The molecule has 0 radical (unpaired) electrons. The average Bonchev–Trinajstić information content (AvgIpc) is 2.91. The topological polar surface area (TPSA) is 86.8 Å². The molecule has 0 saturated carbocycles. The largest absolute Gasteiger partial charge is 0.352 e. The number of nitrogens with one attached hydrogen (secondary N) is 1. The summed E-state index contributed by atoms with van der Waals surface area (Å²) in [6.45, 7) is 3.15. The molecule has 2 amide bonds. The summed E-state index contributed by atoms with van der Waals surface area (Å²) in [6, 6.07) is 17.8. The van der Waals surface area contributed by atoms with Crippen molar-refractivity contribution in [2.75, 3.05) is 17.1 Å². The van der Waals surface area contributed by atoms with Crippen LogP contribution in [0.1, 0.15) is 31.4 Å². The smallest absolute Gasteiger partial charge is 0.244 e. The number of nitrogens with zero attached hydrogens (tertiary/aromatic N) is 2. The molecule has 0 aliphatic heterocycles. The summed E-state index contributed by atoms with van der Waals surface area (Å²) in [5, 5.41) is 3.57. The fraction of sp³-hybridized carbons (Fsp3) is 0.310. The molecule has 0 aliphatic carbocycles. The molecule has 0 aromatic heterocycles. The van der Waals surface area contributed by atoms with E-state index in [0.29, 0.717) is 17.0 Å². The Bertz CT molecular complexity index is 1420. The summed E-state index contributed by atoms with van der Waals surface area (Å²) in [7, 11) is -3.95. The molecule has 3 aromatic rings. The van der Waals surface area contributed by atoms with Gasteiger partial charge in [0.15, 0.2) is 0 Å². The number of amides is 2. The minimum absolute atomic E-state index is 0.0395. The Morgan fingerprint density at radius 1 is 0.950 bits per heavy atom. The van der Waals surface area contributed by atoms with Crippen molar-refractivity contribution in [1.82, 2.24) is 10.2 Å². The molecule has 0 unspecified atom stereocenters. The first-order chi connectivity index (χ1) is 18.9. The van der Waals surface area contributed by atoms with Crippen LogP contribution in [0, 0.1) is 5.82 Å². The Kier molecular flexibility index (Phi) is 11.0. The highest BCUT2D eigenvalue weighted by Crippen LogP contribution is 2.25. The van der Waals surface area contributed by atoms with Gasteiger partial charge in [-0.15, -0.1) is 0 Å². The van der Waals surface area contributed by atoms with Crippen LogP contribution in [0.5, 0.6) is 0 Å². The Balaban J connectivity index is 2.07. The second-order valence-electron chi connectivity index (χ2n) is 9.54. The van der Waals surface area contributed by atoms with Crippen molar-refractivity contribution in [2.24, 2.45) is 0 Å². The number of sulfonamides is 1. The molecular weight excluding hydrogens is 576 g/mol. The molecule has 40 heavy (non-hydrogen) atoms. The van der Waals surface area contributed by atoms with Gasteiger partial charge in [-0.1, -0.05) is 66.5 Å². The predicted molar refractivity (Wildman–Crippen MR) is 157 cm³/mol. The van der Waals surface area contributed by atoms with Crippen LogP contribution in [0.2, 0.25) is 10.0 Å². The zero-order valence-electron chi connectivity index (χ0n) is 22.5. The van der Waals surface area contributed by atoms with Gasteiger partial charge in [-0.2, -0.15) is 0 Å². The van der Waals surface area contributed by atoms with Crippen LogP contribution in [-0.4, -0.2) is 50.0 Å². The fourth-order valence-corrected chi connectivity index (χ4v) is 5.22. The minimum Gasteiger partial charge on any atom is -0.352 e. The van der Waals surface area contributed by atoms with Crippen LogP contribution in [-0.2, 0) is 32.6 Å². The first-order valence-corrected chi connectivity index (χ1v) is 15.3. The third-order valence-corrected chi connectivity index (χ3v) is 8.28. The third kappa shape index (κ3) is 8.68. The highest BCUT2D eigenvalue weighted by molar-refractivity contribution is 7.92. The number of rotatable bonds is 12. The lowest BCUT2D eigenvalue weighted by atomic mass is 10.0. The van der Waals surface area contributed by atoms with E-state index in [2.05, 4.69) is 5.32 Å². The summed E-state index contributed by atoms with van der Waals surface area (Å²) in [6.07, 6.45) is 1.83. The summed E-state index contributed by atoms with van der Waals surface area (Å²) < 4.78 is 39.9. The van der Waals surface area contributed by atoms with Crippen LogP contribution in [0.3, 0.4) is 0 Å². The molecule has 1 N–H and O–H groups in total. The molecule has 0 spiro atoms. The van der Waals surface area contributed by atoms with Crippen molar-refractivity contribution in [1.29, 1.82) is 0 Å². The number of carbonyl (C=O) groups excluding carboxylic acids is 2. The molecule has 3 rings (SSSR count). The number of hydrogen-bond donors (Lipinski definition) is 1. The van der Waals surface area contributed by atoms with E-state index in [0.717, 1.165) is 28.3 Å². The molecular formula is C29H32Cl2FN3O4S. The Morgan fingerprint density at radius 2 is 1.60 bits per heavy atom. The molecule has 3 aromatic carbocycles. The van der Waals surface area contributed by atoms with Crippen molar-refractivity contribution in [3.8, 4) is 0 Å². The Morgan fingerprint density at radius 3 is 2.17 bits per heavy atom. The maximum absolute atomic E-state index is 14.0. The monoisotopic (exact) mass is 607 g/mol. The molecule has 7 nitrogen and oxygen atoms in total. The SMILES string of the molecule is CC[C@@H](C)NC(=O)[C@H](Cc1ccccc1)N(Cc1ccc(Cl)c(Cl)c1)C(=O)CN(c1ccc(F)cc1)S(C)(=O)=O. The predicted octanol–water partition coefficient (Wildman–Crippen LogP) is 5.45. The molecule has 11 heteroatoms. The first-order valence-electron chi connectivity index (χ1n) is 12.7. The standard InChI is InChI=1S/C29H32Cl2FN3O4S/c1-4-20(2)33-29(37)27(17-21-8-6-5-7-9-21)34(18-22-10-15-25(30)26(31)16-22)28(36)19-35(40(3,38)39)24-13-11-23(32)12-14-24/h5-16,20,27H,4,17-19H2,1-3H3,(H,33,37)/t20-,27+/m1/s1. The normalized spacial score (nSPS) is 12.8. The highest BCUT2D eigenvalue weighted by Gasteiger charge is 2.33. The van der Waals surface area contributed by atoms with Crippen LogP contribution in [0.25, 0.3) is 0 Å². The van der Waals surface area contributed by atoms with Gasteiger partial charge in [-0.05, 0) is 60.9 Å². The molecule has 0 bridgehead atoms. The quantitative estimate of drug-likeness (QED) is 0.296. The Hall–Kier alpha value is -3.14. The summed E-state index contributed by atoms with van der Waals surface area (Å²) >= 11 is 12.3. The van der Waals surface area contributed by atoms with E-state index in [1.54, 1.807) is 18.2 Å². The van der Waals surface area contributed by atoms with Crippen LogP contribution >= 0.6 is 23.2 Å². The van der Waals surface area contributed by atoms with Gasteiger partial charge in [0.1, 0.15) is 18.4 Å². The number of hydrogen-bond acceptors (Lipinski definition) is 4.